The van der Waals surface area contributed by atoms with E-state index < -0.39 is 0 Å². The smallest absolute Gasteiger partial charge is 0.135 e. The summed E-state index contributed by atoms with van der Waals surface area (Å²) in [6.45, 7) is 0. The number of hydrogen-bond donors (Lipinski definition) is 4. The molecule has 0 unspecified atom stereocenters. The zero-order valence-corrected chi connectivity index (χ0v) is 11.2. The normalized spacial score (nSPS) is 10.7. The van der Waals surface area contributed by atoms with Crippen LogP contribution in [0, 0.1) is 10.8 Å². The highest BCUT2D eigenvalue weighted by Crippen LogP contribution is 2.28. The first kappa shape index (κ1) is 12.9. The van der Waals surface area contributed by atoms with Crippen molar-refractivity contribution in [2.75, 3.05) is 0 Å². The summed E-state index contributed by atoms with van der Waals surface area (Å²) in [4.78, 5) is 0. The van der Waals surface area contributed by atoms with Crippen LogP contribution in [0.2, 0.25) is 0 Å². The summed E-state index contributed by atoms with van der Waals surface area (Å²) in [5.41, 5.74) is 13.9. The van der Waals surface area contributed by atoms with Crippen LogP contribution in [0.3, 0.4) is 0 Å². The van der Waals surface area contributed by atoms with Gasteiger partial charge in [0.2, 0.25) is 0 Å². The minimum Gasteiger partial charge on any atom is -0.456 e. The summed E-state index contributed by atoms with van der Waals surface area (Å²) in [6.07, 6.45) is 0. The fourth-order valence-corrected chi connectivity index (χ4v) is 2.19. The van der Waals surface area contributed by atoms with Crippen LogP contribution in [0.25, 0.3) is 22.3 Å². The molecule has 6 N–H and O–H groups in total. The summed E-state index contributed by atoms with van der Waals surface area (Å²) < 4.78 is 5.80. The average Bonchev–Trinajstić information content (AvgIpc) is 2.90. The van der Waals surface area contributed by atoms with Crippen molar-refractivity contribution in [2.24, 2.45) is 11.5 Å². The van der Waals surface area contributed by atoms with E-state index in [0.717, 1.165) is 16.5 Å². The number of rotatable bonds is 3. The Morgan fingerprint density at radius 1 is 0.857 bits per heavy atom. The van der Waals surface area contributed by atoms with Crippen molar-refractivity contribution >= 4 is 22.6 Å². The topological polar surface area (TPSA) is 113 Å². The van der Waals surface area contributed by atoms with Crippen molar-refractivity contribution in [3.05, 3.63) is 59.7 Å². The molecule has 0 saturated carbocycles. The summed E-state index contributed by atoms with van der Waals surface area (Å²) in [6, 6.07) is 14.6. The van der Waals surface area contributed by atoms with E-state index in [1.165, 1.54) is 0 Å². The molecule has 1 aromatic heterocycles. The maximum Gasteiger partial charge on any atom is 0.135 e. The molecule has 0 aliphatic rings. The zero-order chi connectivity index (χ0) is 15.0. The van der Waals surface area contributed by atoms with Crippen molar-refractivity contribution in [2.45, 2.75) is 0 Å². The van der Waals surface area contributed by atoms with Gasteiger partial charge in [0.15, 0.2) is 0 Å². The Kier molecular flexibility index (Phi) is 2.95. The van der Waals surface area contributed by atoms with Gasteiger partial charge in [-0.1, -0.05) is 18.2 Å². The Hall–Kier alpha value is -3.08. The molecule has 21 heavy (non-hydrogen) atoms. The average molecular weight is 278 g/mol. The maximum absolute atomic E-state index is 7.49. The summed E-state index contributed by atoms with van der Waals surface area (Å²) in [5.74, 6) is 0.735. The number of benzene rings is 2. The second-order valence-electron chi connectivity index (χ2n) is 4.77. The standard InChI is InChI=1S/C16H14N4O/c17-15(18)10-3-1-2-9(6-10)14-8-12-7-11(16(19)20)4-5-13(12)21-14/h1-8H,(H3,17,18)(H3,19,20). The molecule has 0 spiro atoms. The van der Waals surface area contributed by atoms with E-state index in [-0.39, 0.29) is 11.7 Å². The first-order valence-electron chi connectivity index (χ1n) is 6.37. The summed E-state index contributed by atoms with van der Waals surface area (Å²) >= 11 is 0. The van der Waals surface area contributed by atoms with Crippen molar-refractivity contribution in [1.29, 1.82) is 10.8 Å². The van der Waals surface area contributed by atoms with E-state index in [1.54, 1.807) is 18.2 Å². The molecule has 3 rings (SSSR count). The largest absolute Gasteiger partial charge is 0.456 e. The SMILES string of the molecule is N=C(N)c1cccc(-c2cc3cc(C(=N)N)ccc3o2)c1. The van der Waals surface area contributed by atoms with Gasteiger partial charge in [-0.3, -0.25) is 10.8 Å². The molecule has 0 amide bonds. The van der Waals surface area contributed by atoms with E-state index in [1.807, 2.05) is 30.3 Å². The maximum atomic E-state index is 7.49. The van der Waals surface area contributed by atoms with E-state index in [2.05, 4.69) is 0 Å². The minimum atomic E-state index is 0.0202. The summed E-state index contributed by atoms with van der Waals surface area (Å²) in [7, 11) is 0. The Morgan fingerprint density at radius 3 is 2.29 bits per heavy atom. The number of nitrogens with two attached hydrogens (primary N) is 2. The monoisotopic (exact) mass is 278 g/mol. The van der Waals surface area contributed by atoms with Gasteiger partial charge in [0.25, 0.3) is 0 Å². The fraction of sp³-hybridized carbons (Fsp3) is 0. The number of hydrogen-bond acceptors (Lipinski definition) is 3. The number of fused-ring (bicyclic) bond motifs is 1. The third-order valence-corrected chi connectivity index (χ3v) is 3.29. The molecular formula is C16H14N4O. The second kappa shape index (κ2) is 4.79. The van der Waals surface area contributed by atoms with Crippen LogP contribution in [0.15, 0.2) is 52.9 Å². The van der Waals surface area contributed by atoms with E-state index >= 15 is 0 Å². The highest BCUT2D eigenvalue weighted by atomic mass is 16.3. The lowest BCUT2D eigenvalue weighted by Gasteiger charge is -2.00. The van der Waals surface area contributed by atoms with Crippen LogP contribution in [0.5, 0.6) is 0 Å². The molecule has 3 aromatic rings. The van der Waals surface area contributed by atoms with Crippen LogP contribution in [0.1, 0.15) is 11.1 Å². The Bertz CT molecular complexity index is 864. The predicted molar refractivity (Wildman–Crippen MR) is 83.7 cm³/mol. The van der Waals surface area contributed by atoms with E-state index in [0.29, 0.717) is 16.9 Å². The summed E-state index contributed by atoms with van der Waals surface area (Å²) in [5, 5.41) is 15.8. The lowest BCUT2D eigenvalue weighted by molar-refractivity contribution is 0.631. The third-order valence-electron chi connectivity index (χ3n) is 3.29. The second-order valence-corrected chi connectivity index (χ2v) is 4.77. The lowest BCUT2D eigenvalue weighted by atomic mass is 10.1. The molecule has 0 aliphatic carbocycles. The van der Waals surface area contributed by atoms with Crippen LogP contribution in [-0.2, 0) is 0 Å². The Morgan fingerprint density at radius 2 is 1.57 bits per heavy atom. The minimum absolute atomic E-state index is 0.0202. The van der Waals surface area contributed by atoms with Crippen LogP contribution >= 0.6 is 0 Å². The van der Waals surface area contributed by atoms with Crippen molar-refractivity contribution in [1.82, 2.24) is 0 Å². The van der Waals surface area contributed by atoms with Gasteiger partial charge in [-0.2, -0.15) is 0 Å². The first-order valence-corrected chi connectivity index (χ1v) is 6.37. The molecule has 5 nitrogen and oxygen atoms in total. The molecule has 2 aromatic carbocycles. The van der Waals surface area contributed by atoms with Gasteiger partial charge < -0.3 is 15.9 Å². The van der Waals surface area contributed by atoms with Gasteiger partial charge in [-0.15, -0.1) is 0 Å². The van der Waals surface area contributed by atoms with Crippen molar-refractivity contribution < 1.29 is 4.42 Å². The Balaban J connectivity index is 2.10. The van der Waals surface area contributed by atoms with Crippen LogP contribution < -0.4 is 11.5 Å². The number of nitrogen functional groups attached to an aromatic ring is 2. The van der Waals surface area contributed by atoms with Crippen LogP contribution in [-0.4, -0.2) is 11.7 Å². The highest BCUT2D eigenvalue weighted by Gasteiger charge is 2.09. The molecule has 0 bridgehead atoms. The molecule has 0 aliphatic heterocycles. The van der Waals surface area contributed by atoms with Gasteiger partial charge >= 0.3 is 0 Å². The van der Waals surface area contributed by atoms with Gasteiger partial charge in [0.05, 0.1) is 0 Å². The predicted octanol–water partition coefficient (Wildman–Crippen LogP) is 2.67. The first-order chi connectivity index (χ1) is 10.0. The number of nitrogens with one attached hydrogen (secondary N) is 2. The molecule has 104 valence electrons. The van der Waals surface area contributed by atoms with Gasteiger partial charge in [0, 0.05) is 22.1 Å². The molecular weight excluding hydrogens is 264 g/mol. The molecule has 0 atom stereocenters. The fourth-order valence-electron chi connectivity index (χ4n) is 2.19. The molecule has 0 fully saturated rings. The van der Waals surface area contributed by atoms with Gasteiger partial charge in [-0.25, -0.2) is 0 Å². The third kappa shape index (κ3) is 2.36. The number of furan rings is 1. The molecule has 0 saturated heterocycles. The van der Waals surface area contributed by atoms with Crippen LogP contribution in [0.4, 0.5) is 0 Å². The molecule has 0 radical (unpaired) electrons. The Labute approximate surface area is 121 Å². The quantitative estimate of drug-likeness (QED) is 0.436. The van der Waals surface area contributed by atoms with E-state index in [4.69, 9.17) is 26.7 Å². The van der Waals surface area contributed by atoms with E-state index in [9.17, 15) is 0 Å². The highest BCUT2D eigenvalue weighted by molar-refractivity contribution is 5.99. The van der Waals surface area contributed by atoms with Gasteiger partial charge in [0.1, 0.15) is 23.0 Å². The van der Waals surface area contributed by atoms with Crippen molar-refractivity contribution in [3.8, 4) is 11.3 Å². The zero-order valence-electron chi connectivity index (χ0n) is 11.2. The number of amidine groups is 2. The van der Waals surface area contributed by atoms with Crippen molar-refractivity contribution in [3.63, 3.8) is 0 Å². The molecule has 1 heterocycles. The van der Waals surface area contributed by atoms with Gasteiger partial charge in [-0.05, 0) is 30.3 Å². The lowest BCUT2D eigenvalue weighted by Crippen LogP contribution is -2.10. The molecule has 5 heteroatoms.